The van der Waals surface area contributed by atoms with Crippen molar-refractivity contribution in [2.24, 2.45) is 0 Å². The zero-order chi connectivity index (χ0) is 26.0. The van der Waals surface area contributed by atoms with Crippen LogP contribution in [0.2, 0.25) is 0 Å². The van der Waals surface area contributed by atoms with Gasteiger partial charge >= 0.3 is 0 Å². The molecule has 1 saturated heterocycles. The molecule has 36 heavy (non-hydrogen) atoms. The number of Topliss-reactive ketones (excluding diaryl/α,β-unsaturated/α-hetero) is 1. The highest BCUT2D eigenvalue weighted by atomic mass is 16.5. The van der Waals surface area contributed by atoms with E-state index < -0.39 is 17.7 Å². The van der Waals surface area contributed by atoms with Crippen LogP contribution in [-0.4, -0.2) is 35.9 Å². The summed E-state index contributed by atoms with van der Waals surface area (Å²) in [4.78, 5) is 28.2. The van der Waals surface area contributed by atoms with E-state index in [-0.39, 0.29) is 17.9 Å². The van der Waals surface area contributed by atoms with Gasteiger partial charge < -0.3 is 19.5 Å². The number of hydrogen-bond donors (Lipinski definition) is 1. The Bertz CT molecular complexity index is 1320. The standard InChI is InChI=1S/C30H31NO5/c1-18(2)20-10-12-21(13-11-20)27-26(28(32)22-14-15-24(35-4)19(3)16-22)29(33)30(34)31(27)17-23-8-6-7-9-25(23)36-5/h6-16,18,27,32H,17H2,1-5H3/b28-26-. The average Bonchev–Trinajstić information content (AvgIpc) is 3.13. The number of amides is 1. The lowest BCUT2D eigenvalue weighted by Gasteiger charge is -2.26. The predicted molar refractivity (Wildman–Crippen MR) is 139 cm³/mol. The van der Waals surface area contributed by atoms with Gasteiger partial charge in [0.05, 0.1) is 32.4 Å². The molecule has 3 aromatic carbocycles. The quantitative estimate of drug-likeness (QED) is 0.262. The van der Waals surface area contributed by atoms with E-state index in [9.17, 15) is 14.7 Å². The molecule has 1 aliphatic rings. The third-order valence-electron chi connectivity index (χ3n) is 6.66. The summed E-state index contributed by atoms with van der Waals surface area (Å²) in [5, 5.41) is 11.4. The van der Waals surface area contributed by atoms with Crippen LogP contribution in [0, 0.1) is 6.92 Å². The topological polar surface area (TPSA) is 76.1 Å². The van der Waals surface area contributed by atoms with Gasteiger partial charge in [-0.15, -0.1) is 0 Å². The maximum absolute atomic E-state index is 13.4. The van der Waals surface area contributed by atoms with Crippen LogP contribution in [0.4, 0.5) is 0 Å². The molecule has 1 fully saturated rings. The Hall–Kier alpha value is -4.06. The van der Waals surface area contributed by atoms with E-state index in [1.807, 2.05) is 55.5 Å². The van der Waals surface area contributed by atoms with Gasteiger partial charge in [-0.25, -0.2) is 0 Å². The Balaban J connectivity index is 1.87. The lowest BCUT2D eigenvalue weighted by molar-refractivity contribution is -0.140. The van der Waals surface area contributed by atoms with Crippen molar-refractivity contribution in [3.63, 3.8) is 0 Å². The second kappa shape index (κ2) is 10.3. The summed E-state index contributed by atoms with van der Waals surface area (Å²) in [5.74, 6) is 0.0448. The molecule has 1 amide bonds. The number of para-hydroxylation sites is 1. The lowest BCUT2D eigenvalue weighted by atomic mass is 9.92. The normalized spacial score (nSPS) is 17.1. The van der Waals surface area contributed by atoms with Crippen molar-refractivity contribution < 1.29 is 24.2 Å². The number of carbonyl (C=O) groups excluding carboxylic acids is 2. The monoisotopic (exact) mass is 485 g/mol. The van der Waals surface area contributed by atoms with Crippen molar-refractivity contribution >= 4 is 17.4 Å². The van der Waals surface area contributed by atoms with Crippen molar-refractivity contribution in [2.75, 3.05) is 14.2 Å². The summed E-state index contributed by atoms with van der Waals surface area (Å²) in [6.07, 6.45) is 0. The van der Waals surface area contributed by atoms with Gasteiger partial charge in [-0.05, 0) is 53.8 Å². The fourth-order valence-electron chi connectivity index (χ4n) is 4.65. The van der Waals surface area contributed by atoms with Crippen LogP contribution in [0.1, 0.15) is 53.6 Å². The number of likely N-dealkylation sites (tertiary alicyclic amines) is 1. The minimum atomic E-state index is -0.751. The van der Waals surface area contributed by atoms with Crippen molar-refractivity contribution in [2.45, 2.75) is 39.3 Å². The Morgan fingerprint density at radius 2 is 1.61 bits per heavy atom. The Labute approximate surface area is 211 Å². The maximum Gasteiger partial charge on any atom is 0.295 e. The summed E-state index contributed by atoms with van der Waals surface area (Å²) in [5.41, 5.74) is 3.99. The number of benzene rings is 3. The summed E-state index contributed by atoms with van der Waals surface area (Å²) in [6.45, 7) is 6.23. The largest absolute Gasteiger partial charge is 0.507 e. The first-order valence-corrected chi connectivity index (χ1v) is 11.9. The number of ether oxygens (including phenoxy) is 2. The highest BCUT2D eigenvalue weighted by Crippen LogP contribution is 2.41. The number of methoxy groups -OCH3 is 2. The van der Waals surface area contributed by atoms with Gasteiger partial charge in [0.25, 0.3) is 11.7 Å². The molecular weight excluding hydrogens is 454 g/mol. The molecule has 6 heteroatoms. The maximum atomic E-state index is 13.4. The number of carbonyl (C=O) groups is 2. The van der Waals surface area contributed by atoms with Crippen LogP contribution >= 0.6 is 0 Å². The molecule has 1 aliphatic heterocycles. The molecule has 0 bridgehead atoms. The van der Waals surface area contributed by atoms with Crippen molar-refractivity contribution in [1.82, 2.24) is 4.90 Å². The molecule has 1 N–H and O–H groups in total. The van der Waals surface area contributed by atoms with E-state index in [2.05, 4.69) is 13.8 Å². The SMILES string of the molecule is COc1ccc(/C(O)=C2/C(=O)C(=O)N(Cc3ccccc3OC)C2c2ccc(C(C)C)cc2)cc1C. The highest BCUT2D eigenvalue weighted by Gasteiger charge is 2.46. The molecule has 0 spiro atoms. The molecule has 0 saturated carbocycles. The zero-order valence-corrected chi connectivity index (χ0v) is 21.2. The molecule has 0 radical (unpaired) electrons. The minimum absolute atomic E-state index is 0.0664. The number of aliphatic hydroxyl groups excluding tert-OH is 1. The highest BCUT2D eigenvalue weighted by molar-refractivity contribution is 6.46. The van der Waals surface area contributed by atoms with Gasteiger partial charge in [0.2, 0.25) is 0 Å². The van der Waals surface area contributed by atoms with E-state index in [4.69, 9.17) is 9.47 Å². The van der Waals surface area contributed by atoms with Gasteiger partial charge in [0.1, 0.15) is 17.3 Å². The summed E-state index contributed by atoms with van der Waals surface area (Å²) in [7, 11) is 3.15. The first kappa shape index (κ1) is 25.0. The third kappa shape index (κ3) is 4.59. The predicted octanol–water partition coefficient (Wildman–Crippen LogP) is 5.76. The molecule has 0 aromatic heterocycles. The minimum Gasteiger partial charge on any atom is -0.507 e. The van der Waals surface area contributed by atoms with Crippen LogP contribution < -0.4 is 9.47 Å². The zero-order valence-electron chi connectivity index (χ0n) is 21.2. The van der Waals surface area contributed by atoms with Crippen LogP contribution in [-0.2, 0) is 16.1 Å². The third-order valence-corrected chi connectivity index (χ3v) is 6.66. The van der Waals surface area contributed by atoms with Crippen LogP contribution in [0.3, 0.4) is 0 Å². The first-order valence-electron chi connectivity index (χ1n) is 11.9. The summed E-state index contributed by atoms with van der Waals surface area (Å²) in [6, 6.07) is 19.7. The van der Waals surface area contributed by atoms with Gasteiger partial charge in [0.15, 0.2) is 0 Å². The van der Waals surface area contributed by atoms with Gasteiger partial charge in [-0.1, -0.05) is 56.3 Å². The van der Waals surface area contributed by atoms with Crippen molar-refractivity contribution in [1.29, 1.82) is 0 Å². The Kier molecular flexibility index (Phi) is 7.15. The smallest absolute Gasteiger partial charge is 0.295 e. The number of rotatable bonds is 7. The van der Waals surface area contributed by atoms with Gasteiger partial charge in [0, 0.05) is 11.1 Å². The molecule has 4 rings (SSSR count). The Morgan fingerprint density at radius 1 is 0.944 bits per heavy atom. The average molecular weight is 486 g/mol. The van der Waals surface area contributed by atoms with Crippen LogP contribution in [0.15, 0.2) is 72.3 Å². The molecule has 3 aromatic rings. The van der Waals surface area contributed by atoms with E-state index >= 15 is 0 Å². The second-order valence-electron chi connectivity index (χ2n) is 9.24. The first-order chi connectivity index (χ1) is 17.3. The number of aliphatic hydroxyl groups is 1. The lowest BCUT2D eigenvalue weighted by Crippen LogP contribution is -2.29. The Morgan fingerprint density at radius 3 is 2.22 bits per heavy atom. The summed E-state index contributed by atoms with van der Waals surface area (Å²) >= 11 is 0. The number of ketones is 1. The van der Waals surface area contributed by atoms with E-state index in [0.717, 1.165) is 22.3 Å². The van der Waals surface area contributed by atoms with Gasteiger partial charge in [-0.2, -0.15) is 0 Å². The van der Waals surface area contributed by atoms with E-state index in [1.54, 1.807) is 32.4 Å². The number of nitrogens with zero attached hydrogens (tertiary/aromatic N) is 1. The second-order valence-corrected chi connectivity index (χ2v) is 9.24. The molecular formula is C30H31NO5. The number of hydrogen-bond acceptors (Lipinski definition) is 5. The molecule has 1 unspecified atom stereocenters. The molecule has 0 aliphatic carbocycles. The van der Waals surface area contributed by atoms with E-state index in [1.165, 1.54) is 4.90 Å². The van der Waals surface area contributed by atoms with Gasteiger partial charge in [-0.3, -0.25) is 9.59 Å². The van der Waals surface area contributed by atoms with Crippen molar-refractivity contribution in [3.05, 3.63) is 100 Å². The van der Waals surface area contributed by atoms with Crippen molar-refractivity contribution in [3.8, 4) is 11.5 Å². The van der Waals surface area contributed by atoms with Crippen LogP contribution in [0.5, 0.6) is 11.5 Å². The fraction of sp³-hybridized carbons (Fsp3) is 0.267. The molecule has 1 atom stereocenters. The number of aryl methyl sites for hydroxylation is 1. The van der Waals surface area contributed by atoms with E-state index in [0.29, 0.717) is 23.0 Å². The molecule has 1 heterocycles. The molecule has 6 nitrogen and oxygen atoms in total. The summed E-state index contributed by atoms with van der Waals surface area (Å²) < 4.78 is 10.8. The fourth-order valence-corrected chi connectivity index (χ4v) is 4.65. The molecule has 186 valence electrons. The van der Waals surface area contributed by atoms with Crippen LogP contribution in [0.25, 0.3) is 5.76 Å².